The third kappa shape index (κ3) is 4.40. The van der Waals surface area contributed by atoms with Crippen molar-refractivity contribution < 1.29 is 19.5 Å². The van der Waals surface area contributed by atoms with E-state index in [-0.39, 0.29) is 11.5 Å². The van der Waals surface area contributed by atoms with Crippen LogP contribution in [0.3, 0.4) is 0 Å². The number of hydrogen-bond donors (Lipinski definition) is 3. The average Bonchev–Trinajstić information content (AvgIpc) is 3.55. The van der Waals surface area contributed by atoms with Gasteiger partial charge in [0, 0.05) is 49.5 Å². The van der Waals surface area contributed by atoms with E-state index in [4.69, 9.17) is 19.9 Å². The van der Waals surface area contributed by atoms with Crippen molar-refractivity contribution in [3.05, 3.63) is 58.2 Å². The molecule has 3 aromatic heterocycles. The first kappa shape index (κ1) is 24.2. The van der Waals surface area contributed by atoms with Gasteiger partial charge in [-0.25, -0.2) is 25.4 Å². The van der Waals surface area contributed by atoms with Crippen molar-refractivity contribution in [3.63, 3.8) is 0 Å². The lowest BCUT2D eigenvalue weighted by Crippen LogP contribution is -2.36. The van der Waals surface area contributed by atoms with Gasteiger partial charge < -0.3 is 19.9 Å². The van der Waals surface area contributed by atoms with Crippen molar-refractivity contribution in [1.29, 1.82) is 0 Å². The van der Waals surface area contributed by atoms with E-state index in [9.17, 15) is 9.59 Å². The molecule has 194 valence electrons. The molecule has 13 heteroatoms. The van der Waals surface area contributed by atoms with E-state index < -0.39 is 5.91 Å². The maximum absolute atomic E-state index is 12.6. The van der Waals surface area contributed by atoms with E-state index in [0.717, 1.165) is 32.0 Å². The summed E-state index contributed by atoms with van der Waals surface area (Å²) in [6, 6.07) is 7.80. The van der Waals surface area contributed by atoms with Crippen LogP contribution in [0.2, 0.25) is 0 Å². The van der Waals surface area contributed by atoms with Gasteiger partial charge in [0.25, 0.3) is 11.8 Å². The monoisotopic (exact) mass is 532 g/mol. The number of benzene rings is 1. The Morgan fingerprint density at radius 2 is 2.03 bits per heavy atom. The van der Waals surface area contributed by atoms with Crippen LogP contribution in [0.1, 0.15) is 31.2 Å². The molecule has 0 unspecified atom stereocenters. The van der Waals surface area contributed by atoms with Crippen LogP contribution in [-0.2, 0) is 17.8 Å². The normalized spacial score (nSPS) is 14.9. The quantitative estimate of drug-likeness (QED) is 0.249. The first-order chi connectivity index (χ1) is 18.5. The van der Waals surface area contributed by atoms with Gasteiger partial charge in [-0.1, -0.05) is 18.2 Å². The number of thiophene rings is 1. The molecule has 1 saturated heterocycles. The Hall–Kier alpha value is -4.20. The smallest absolute Gasteiger partial charge is 0.277 e. The average molecular weight is 533 g/mol. The Balaban J connectivity index is 1.37. The summed E-state index contributed by atoms with van der Waals surface area (Å²) in [5.41, 5.74) is 4.83. The molecule has 0 spiro atoms. The fourth-order valence-corrected chi connectivity index (χ4v) is 5.79. The van der Waals surface area contributed by atoms with Gasteiger partial charge in [0.2, 0.25) is 5.95 Å². The number of fused-ring (bicyclic) bond motifs is 2. The van der Waals surface area contributed by atoms with Crippen LogP contribution < -0.4 is 20.6 Å². The van der Waals surface area contributed by atoms with Gasteiger partial charge in [-0.2, -0.15) is 0 Å². The maximum Gasteiger partial charge on any atom is 0.277 e. The molecule has 5 heterocycles. The van der Waals surface area contributed by atoms with Crippen LogP contribution in [0.5, 0.6) is 0 Å². The molecule has 0 bridgehead atoms. The summed E-state index contributed by atoms with van der Waals surface area (Å²) in [6.45, 7) is 3.68. The number of hydrogen-bond acceptors (Lipinski definition) is 11. The van der Waals surface area contributed by atoms with E-state index in [1.807, 2.05) is 36.2 Å². The number of hydroxylamine groups is 1. The van der Waals surface area contributed by atoms with Gasteiger partial charge in [0.15, 0.2) is 11.6 Å². The van der Waals surface area contributed by atoms with Gasteiger partial charge in [-0.3, -0.25) is 14.8 Å². The van der Waals surface area contributed by atoms with Crippen molar-refractivity contribution in [1.82, 2.24) is 30.7 Å². The van der Waals surface area contributed by atoms with Gasteiger partial charge in [-0.15, -0.1) is 11.3 Å². The number of carbonyl (C=O) groups is 2. The zero-order valence-electron chi connectivity index (χ0n) is 20.5. The molecule has 12 nitrogen and oxygen atoms in total. The lowest BCUT2D eigenvalue weighted by Gasteiger charge is -2.28. The summed E-state index contributed by atoms with van der Waals surface area (Å²) in [5, 5.41) is 11.7. The Kier molecular flexibility index (Phi) is 6.31. The molecule has 2 aliphatic rings. The minimum atomic E-state index is -0.671. The highest BCUT2D eigenvalue weighted by Gasteiger charge is 2.26. The molecule has 3 N–H and O–H groups in total. The van der Waals surface area contributed by atoms with Crippen molar-refractivity contribution >= 4 is 45.1 Å². The molecule has 0 saturated carbocycles. The number of nitrogens with zero attached hydrogens (tertiary/aromatic N) is 6. The number of carbonyl (C=O) groups excluding carboxylic acids is 2. The number of amides is 2. The molecule has 38 heavy (non-hydrogen) atoms. The highest BCUT2D eigenvalue weighted by molar-refractivity contribution is 7.19. The Bertz CT molecular complexity index is 1530. The standard InChI is InChI=1S/C25H24N8O4S/c1-32(25-27-11-15(12-28-25)23(34)31-36)13-16-9-18-20(38-16)22(33-5-7-37-8-6-33)30-21(29-18)17-4-2-3-14-10-26-24(35)19(14)17/h2-4,9,11-12,36H,5-8,10,13H2,1H3,(H,26,35)(H,31,34). The van der Waals surface area contributed by atoms with Crippen molar-refractivity contribution in [2.45, 2.75) is 13.1 Å². The zero-order chi connectivity index (χ0) is 26.2. The van der Waals surface area contributed by atoms with Crippen molar-refractivity contribution in [2.75, 3.05) is 43.2 Å². The number of aromatic nitrogens is 4. The molecule has 0 atom stereocenters. The molecular formula is C25H24N8O4S. The van der Waals surface area contributed by atoms with Crippen LogP contribution in [0.15, 0.2) is 36.7 Å². The highest BCUT2D eigenvalue weighted by Crippen LogP contribution is 2.36. The summed E-state index contributed by atoms with van der Waals surface area (Å²) in [4.78, 5) is 47.6. The molecular weight excluding hydrogens is 508 g/mol. The van der Waals surface area contributed by atoms with Crippen LogP contribution in [-0.4, -0.2) is 70.3 Å². The number of ether oxygens (including phenoxy) is 1. The van der Waals surface area contributed by atoms with Gasteiger partial charge in [0.1, 0.15) is 0 Å². The molecule has 0 aliphatic carbocycles. The molecule has 2 aliphatic heterocycles. The third-order valence-corrected chi connectivity index (χ3v) is 7.61. The number of nitrogens with one attached hydrogen (secondary N) is 2. The minimum absolute atomic E-state index is 0.109. The first-order valence-electron chi connectivity index (χ1n) is 12.0. The topological polar surface area (TPSA) is 146 Å². The maximum atomic E-state index is 12.6. The number of morpholine rings is 1. The van der Waals surface area contributed by atoms with Crippen molar-refractivity contribution in [2.24, 2.45) is 0 Å². The molecule has 1 aromatic carbocycles. The summed E-state index contributed by atoms with van der Waals surface area (Å²) < 4.78 is 6.53. The second-order valence-corrected chi connectivity index (χ2v) is 10.1. The van der Waals surface area contributed by atoms with E-state index >= 15 is 0 Å². The molecule has 2 amide bonds. The van der Waals surface area contributed by atoms with E-state index in [0.29, 0.717) is 56.7 Å². The fourth-order valence-electron chi connectivity index (χ4n) is 4.62. The Morgan fingerprint density at radius 3 is 2.79 bits per heavy atom. The number of anilines is 2. The molecule has 4 aromatic rings. The summed E-state index contributed by atoms with van der Waals surface area (Å²) in [6.07, 6.45) is 2.72. The van der Waals surface area contributed by atoms with Crippen LogP contribution in [0.25, 0.3) is 21.6 Å². The van der Waals surface area contributed by atoms with E-state index in [2.05, 4.69) is 20.2 Å². The molecule has 6 rings (SSSR count). The zero-order valence-corrected chi connectivity index (χ0v) is 21.3. The first-order valence-corrected chi connectivity index (χ1v) is 12.8. The summed E-state index contributed by atoms with van der Waals surface area (Å²) in [7, 11) is 1.86. The second-order valence-electron chi connectivity index (χ2n) is 8.99. The van der Waals surface area contributed by atoms with Crippen LogP contribution >= 0.6 is 11.3 Å². The minimum Gasteiger partial charge on any atom is -0.378 e. The molecule has 0 radical (unpaired) electrons. The predicted octanol–water partition coefficient (Wildman–Crippen LogP) is 1.98. The lowest BCUT2D eigenvalue weighted by atomic mass is 10.0. The largest absolute Gasteiger partial charge is 0.378 e. The van der Waals surface area contributed by atoms with Crippen LogP contribution in [0, 0.1) is 0 Å². The Labute approximate surface area is 221 Å². The second kappa shape index (κ2) is 9.93. The van der Waals surface area contributed by atoms with E-state index in [1.165, 1.54) is 12.4 Å². The summed E-state index contributed by atoms with van der Waals surface area (Å²) in [5.74, 6) is 1.01. The lowest BCUT2D eigenvalue weighted by molar-refractivity contribution is 0.0705. The van der Waals surface area contributed by atoms with Gasteiger partial charge >= 0.3 is 0 Å². The van der Waals surface area contributed by atoms with Gasteiger partial charge in [-0.05, 0) is 11.6 Å². The fraction of sp³-hybridized carbons (Fsp3) is 0.280. The highest BCUT2D eigenvalue weighted by atomic mass is 32.1. The van der Waals surface area contributed by atoms with E-state index in [1.54, 1.807) is 16.8 Å². The van der Waals surface area contributed by atoms with Crippen LogP contribution in [0.4, 0.5) is 11.8 Å². The van der Waals surface area contributed by atoms with Gasteiger partial charge in [0.05, 0.1) is 41.1 Å². The van der Waals surface area contributed by atoms with Crippen molar-refractivity contribution in [3.8, 4) is 11.4 Å². The predicted molar refractivity (Wildman–Crippen MR) is 140 cm³/mol. The SMILES string of the molecule is CN(Cc1cc2nc(-c3cccc4c3C(=O)NC4)nc(N3CCOCC3)c2s1)c1ncc(C(=O)NO)cn1. The number of rotatable bonds is 6. The molecule has 1 fully saturated rings. The summed E-state index contributed by atoms with van der Waals surface area (Å²) >= 11 is 1.60. The Morgan fingerprint density at radius 1 is 1.24 bits per heavy atom. The third-order valence-electron chi connectivity index (χ3n) is 6.51.